The fraction of sp³-hybridized carbons (Fsp3) is 0.211. The van der Waals surface area contributed by atoms with Gasteiger partial charge in [0.2, 0.25) is 0 Å². The number of benzene rings is 1. The van der Waals surface area contributed by atoms with Crippen LogP contribution in [0.1, 0.15) is 0 Å². The molecular formula is C19H16BrFN6O2S. The van der Waals surface area contributed by atoms with Crippen molar-refractivity contribution < 1.29 is 12.8 Å². The number of halogens is 2. The van der Waals surface area contributed by atoms with Gasteiger partial charge in [-0.1, -0.05) is 0 Å². The van der Waals surface area contributed by atoms with E-state index in [1.165, 1.54) is 16.6 Å². The predicted octanol–water partition coefficient (Wildman–Crippen LogP) is 2.66. The Bertz CT molecular complexity index is 1410. The first kappa shape index (κ1) is 19.2. The Morgan fingerprint density at radius 1 is 1.13 bits per heavy atom. The molecule has 0 amide bonds. The number of aromatic nitrogens is 4. The molecule has 4 heterocycles. The molecule has 8 nitrogen and oxygen atoms in total. The second kappa shape index (κ2) is 6.88. The van der Waals surface area contributed by atoms with Crippen LogP contribution in [0.2, 0.25) is 0 Å². The molecule has 3 aromatic heterocycles. The lowest BCUT2D eigenvalue weighted by Crippen LogP contribution is -2.41. The monoisotopic (exact) mass is 490 g/mol. The third kappa shape index (κ3) is 3.18. The van der Waals surface area contributed by atoms with Crippen molar-refractivity contribution in [2.75, 3.05) is 35.2 Å². The Morgan fingerprint density at radius 2 is 1.90 bits per heavy atom. The highest BCUT2D eigenvalue weighted by atomic mass is 79.9. The summed E-state index contributed by atoms with van der Waals surface area (Å²) in [5.41, 5.74) is 8.87. The maximum absolute atomic E-state index is 13.4. The van der Waals surface area contributed by atoms with Crippen LogP contribution in [-0.4, -0.2) is 52.6 Å². The Hall–Kier alpha value is -2.79. The zero-order chi connectivity index (χ0) is 21.0. The summed E-state index contributed by atoms with van der Waals surface area (Å²) in [4.78, 5) is 11.0. The van der Waals surface area contributed by atoms with Crippen LogP contribution in [0, 0.1) is 5.82 Å². The normalized spacial score (nSPS) is 16.4. The summed E-state index contributed by atoms with van der Waals surface area (Å²) in [7, 11) is -3.02. The number of pyridine rings is 1. The van der Waals surface area contributed by atoms with E-state index in [1.54, 1.807) is 18.5 Å². The minimum absolute atomic E-state index is 0.0729. The van der Waals surface area contributed by atoms with Gasteiger partial charge in [-0.3, -0.25) is 4.98 Å². The molecule has 0 atom stereocenters. The van der Waals surface area contributed by atoms with Crippen LogP contribution in [0.4, 0.5) is 16.0 Å². The van der Waals surface area contributed by atoms with Crippen molar-refractivity contribution in [3.05, 3.63) is 46.9 Å². The first-order valence-electron chi connectivity index (χ1n) is 9.16. The van der Waals surface area contributed by atoms with Crippen molar-refractivity contribution in [1.29, 1.82) is 0 Å². The van der Waals surface area contributed by atoms with Crippen LogP contribution in [-0.2, 0) is 9.84 Å². The summed E-state index contributed by atoms with van der Waals surface area (Å²) in [6.45, 7) is 0.687. The molecule has 1 aliphatic heterocycles. The molecule has 0 saturated carbocycles. The Labute approximate surface area is 179 Å². The largest absolute Gasteiger partial charge is 0.383 e. The van der Waals surface area contributed by atoms with Crippen molar-refractivity contribution in [3.63, 3.8) is 0 Å². The number of nitrogens with two attached hydrogens (primary N) is 1. The number of nitrogen functional groups attached to an aromatic ring is 1. The molecule has 1 fully saturated rings. The third-order valence-electron chi connectivity index (χ3n) is 5.21. The summed E-state index contributed by atoms with van der Waals surface area (Å²) in [6.07, 6.45) is 3.30. The number of hydrogen-bond donors (Lipinski definition) is 1. The first-order chi connectivity index (χ1) is 14.3. The van der Waals surface area contributed by atoms with Gasteiger partial charge < -0.3 is 10.6 Å². The zero-order valence-electron chi connectivity index (χ0n) is 15.6. The average Bonchev–Trinajstić information content (AvgIpc) is 3.14. The summed E-state index contributed by atoms with van der Waals surface area (Å²) < 4.78 is 39.1. The molecule has 11 heteroatoms. The van der Waals surface area contributed by atoms with Crippen molar-refractivity contribution in [2.45, 2.75) is 0 Å². The quantitative estimate of drug-likeness (QED) is 0.460. The van der Waals surface area contributed by atoms with E-state index in [2.05, 4.69) is 26.0 Å². The molecule has 30 heavy (non-hydrogen) atoms. The number of nitrogens with zero attached hydrogens (tertiary/aromatic N) is 5. The SMILES string of the molecule is Nc1c(Br)c(N2CCS(=O)(=O)CC2)nc2c(-c3cnc4cc(F)ccc4c3)cnn12. The molecule has 2 N–H and O–H groups in total. The van der Waals surface area contributed by atoms with Crippen LogP contribution < -0.4 is 10.6 Å². The topological polar surface area (TPSA) is 106 Å². The summed E-state index contributed by atoms with van der Waals surface area (Å²) >= 11 is 3.48. The maximum Gasteiger partial charge on any atom is 0.167 e. The fourth-order valence-corrected chi connectivity index (χ4v) is 5.27. The van der Waals surface area contributed by atoms with E-state index in [-0.39, 0.29) is 17.3 Å². The number of rotatable bonds is 2. The van der Waals surface area contributed by atoms with Gasteiger partial charge in [0.1, 0.15) is 21.9 Å². The lowest BCUT2D eigenvalue weighted by Gasteiger charge is -2.28. The van der Waals surface area contributed by atoms with Crippen molar-refractivity contribution in [2.24, 2.45) is 0 Å². The van der Waals surface area contributed by atoms with E-state index >= 15 is 0 Å². The summed E-state index contributed by atoms with van der Waals surface area (Å²) in [6, 6.07) is 6.33. The van der Waals surface area contributed by atoms with Gasteiger partial charge in [-0.15, -0.1) is 0 Å². The van der Waals surface area contributed by atoms with Crippen LogP contribution in [0.5, 0.6) is 0 Å². The Kier molecular flexibility index (Phi) is 4.40. The van der Waals surface area contributed by atoms with E-state index < -0.39 is 9.84 Å². The number of sulfone groups is 1. The maximum atomic E-state index is 13.4. The van der Waals surface area contributed by atoms with Crippen LogP contribution >= 0.6 is 15.9 Å². The molecule has 154 valence electrons. The summed E-state index contributed by atoms with van der Waals surface area (Å²) in [5.74, 6) is 0.747. The molecule has 1 aromatic carbocycles. The predicted molar refractivity (Wildman–Crippen MR) is 117 cm³/mol. The van der Waals surface area contributed by atoms with Crippen molar-refractivity contribution in [1.82, 2.24) is 19.6 Å². The molecule has 0 aliphatic carbocycles. The van der Waals surface area contributed by atoms with Gasteiger partial charge in [0.25, 0.3) is 0 Å². The van der Waals surface area contributed by atoms with E-state index in [0.29, 0.717) is 40.4 Å². The van der Waals surface area contributed by atoms with Gasteiger partial charge in [-0.05, 0) is 34.1 Å². The average molecular weight is 491 g/mol. The van der Waals surface area contributed by atoms with E-state index in [0.717, 1.165) is 16.5 Å². The number of hydrogen-bond acceptors (Lipinski definition) is 7. The highest BCUT2D eigenvalue weighted by Gasteiger charge is 2.26. The molecule has 0 radical (unpaired) electrons. The standard InChI is InChI=1S/C19H16BrFN6O2S/c20-16-17(22)27-18(25-19(16)26-3-5-30(28,29)6-4-26)14(10-24-27)12-7-11-1-2-13(21)8-15(11)23-9-12/h1-2,7-10H,3-6,22H2. The highest BCUT2D eigenvalue weighted by molar-refractivity contribution is 9.10. The van der Waals surface area contributed by atoms with Gasteiger partial charge in [-0.2, -0.15) is 9.61 Å². The number of anilines is 2. The molecule has 0 spiro atoms. The van der Waals surface area contributed by atoms with Gasteiger partial charge in [0.05, 0.1) is 23.2 Å². The minimum atomic E-state index is -3.02. The summed E-state index contributed by atoms with van der Waals surface area (Å²) in [5, 5.41) is 5.15. The minimum Gasteiger partial charge on any atom is -0.383 e. The second-order valence-corrected chi connectivity index (χ2v) is 10.2. The smallest absolute Gasteiger partial charge is 0.167 e. The molecule has 5 rings (SSSR count). The second-order valence-electron chi connectivity index (χ2n) is 7.13. The van der Waals surface area contributed by atoms with Crippen molar-refractivity contribution >= 4 is 54.0 Å². The number of fused-ring (bicyclic) bond motifs is 2. The van der Waals surface area contributed by atoms with Gasteiger partial charge in [0.15, 0.2) is 15.5 Å². The van der Waals surface area contributed by atoms with Gasteiger partial charge in [-0.25, -0.2) is 17.8 Å². The van der Waals surface area contributed by atoms with Crippen LogP contribution in [0.15, 0.2) is 41.1 Å². The first-order valence-corrected chi connectivity index (χ1v) is 11.8. The van der Waals surface area contributed by atoms with E-state index in [4.69, 9.17) is 10.7 Å². The van der Waals surface area contributed by atoms with Crippen LogP contribution in [0.25, 0.3) is 27.7 Å². The lowest BCUT2D eigenvalue weighted by atomic mass is 10.1. The Balaban J connectivity index is 1.64. The molecule has 0 unspecified atom stereocenters. The Morgan fingerprint density at radius 3 is 2.67 bits per heavy atom. The van der Waals surface area contributed by atoms with Crippen LogP contribution in [0.3, 0.4) is 0 Å². The van der Waals surface area contributed by atoms with Gasteiger partial charge in [0, 0.05) is 41.9 Å². The van der Waals surface area contributed by atoms with E-state index in [9.17, 15) is 12.8 Å². The van der Waals surface area contributed by atoms with Gasteiger partial charge >= 0.3 is 0 Å². The molecule has 1 aliphatic rings. The fourth-order valence-electron chi connectivity index (χ4n) is 3.56. The van der Waals surface area contributed by atoms with E-state index in [1.807, 2.05) is 11.0 Å². The van der Waals surface area contributed by atoms with Crippen molar-refractivity contribution in [3.8, 4) is 11.1 Å². The zero-order valence-corrected chi connectivity index (χ0v) is 18.0. The third-order valence-corrected chi connectivity index (χ3v) is 7.58. The molecular weight excluding hydrogens is 475 g/mol. The molecule has 4 aromatic rings. The molecule has 1 saturated heterocycles. The lowest BCUT2D eigenvalue weighted by molar-refractivity contribution is 0.586. The highest BCUT2D eigenvalue weighted by Crippen LogP contribution is 2.35. The molecule has 0 bridgehead atoms.